The summed E-state index contributed by atoms with van der Waals surface area (Å²) in [7, 11) is 0. The van der Waals surface area contributed by atoms with E-state index in [0.29, 0.717) is 0 Å². The fourth-order valence-electron chi connectivity index (χ4n) is 3.02. The summed E-state index contributed by atoms with van der Waals surface area (Å²) in [6, 6.07) is 2.04. The molecule has 2 aromatic rings. The summed E-state index contributed by atoms with van der Waals surface area (Å²) in [5, 5.41) is 0. The van der Waals surface area contributed by atoms with Crippen LogP contribution in [0, 0.1) is 6.92 Å². The Balaban J connectivity index is 2.17. The molecule has 0 bridgehead atoms. The SMILES string of the molecule is CCCc1nc2c(C)cc(Br)cn2c1C(=O)N1CCCC1. The molecule has 1 aliphatic heterocycles. The number of aryl methyl sites for hydroxylation is 2. The minimum Gasteiger partial charge on any atom is -0.337 e. The van der Waals surface area contributed by atoms with Crippen LogP contribution in [0.4, 0.5) is 0 Å². The van der Waals surface area contributed by atoms with E-state index in [2.05, 4.69) is 22.9 Å². The highest BCUT2D eigenvalue weighted by Crippen LogP contribution is 2.24. The molecule has 4 nitrogen and oxygen atoms in total. The summed E-state index contributed by atoms with van der Waals surface area (Å²) in [4.78, 5) is 19.6. The number of carbonyl (C=O) groups excluding carboxylic acids is 1. The van der Waals surface area contributed by atoms with Gasteiger partial charge in [-0.05, 0) is 53.7 Å². The summed E-state index contributed by atoms with van der Waals surface area (Å²) >= 11 is 3.52. The molecular formula is C16H20BrN3O. The van der Waals surface area contributed by atoms with Gasteiger partial charge in [-0.2, -0.15) is 0 Å². The molecule has 1 fully saturated rings. The Morgan fingerprint density at radius 1 is 1.38 bits per heavy atom. The van der Waals surface area contributed by atoms with Crippen LogP contribution in [0.3, 0.4) is 0 Å². The summed E-state index contributed by atoms with van der Waals surface area (Å²) in [6.45, 7) is 5.89. The van der Waals surface area contributed by atoms with Gasteiger partial charge in [0, 0.05) is 23.8 Å². The summed E-state index contributed by atoms with van der Waals surface area (Å²) < 4.78 is 2.94. The van der Waals surface area contributed by atoms with Crippen molar-refractivity contribution in [3.05, 3.63) is 33.7 Å². The third kappa shape index (κ3) is 2.59. The molecule has 0 aliphatic carbocycles. The number of carbonyl (C=O) groups is 1. The monoisotopic (exact) mass is 349 g/mol. The Hall–Kier alpha value is -1.36. The zero-order valence-electron chi connectivity index (χ0n) is 12.5. The topological polar surface area (TPSA) is 37.6 Å². The molecule has 1 aliphatic rings. The number of nitrogens with zero attached hydrogens (tertiary/aromatic N) is 3. The number of hydrogen-bond acceptors (Lipinski definition) is 2. The maximum Gasteiger partial charge on any atom is 0.272 e. The first-order chi connectivity index (χ1) is 10.1. The molecule has 0 unspecified atom stereocenters. The number of fused-ring (bicyclic) bond motifs is 1. The van der Waals surface area contributed by atoms with Gasteiger partial charge in [-0.1, -0.05) is 13.3 Å². The highest BCUT2D eigenvalue weighted by molar-refractivity contribution is 9.10. The Morgan fingerprint density at radius 3 is 2.76 bits per heavy atom. The second-order valence-electron chi connectivity index (χ2n) is 5.69. The Labute approximate surface area is 133 Å². The first-order valence-electron chi connectivity index (χ1n) is 7.58. The number of amides is 1. The summed E-state index contributed by atoms with van der Waals surface area (Å²) in [5.41, 5.74) is 3.65. The largest absolute Gasteiger partial charge is 0.337 e. The van der Waals surface area contributed by atoms with Gasteiger partial charge in [0.15, 0.2) is 0 Å². The van der Waals surface area contributed by atoms with Crippen molar-refractivity contribution in [1.29, 1.82) is 0 Å². The van der Waals surface area contributed by atoms with Crippen LogP contribution >= 0.6 is 15.9 Å². The molecule has 0 radical (unpaired) electrons. The van der Waals surface area contributed by atoms with Crippen molar-refractivity contribution in [2.24, 2.45) is 0 Å². The van der Waals surface area contributed by atoms with Crippen LogP contribution in [0.2, 0.25) is 0 Å². The third-order valence-corrected chi connectivity index (χ3v) is 4.46. The zero-order valence-corrected chi connectivity index (χ0v) is 14.1. The van der Waals surface area contributed by atoms with E-state index in [1.165, 1.54) is 0 Å². The molecule has 3 rings (SSSR count). The second kappa shape index (κ2) is 5.79. The summed E-state index contributed by atoms with van der Waals surface area (Å²) in [5.74, 6) is 0.126. The first-order valence-corrected chi connectivity index (χ1v) is 8.37. The fourth-order valence-corrected chi connectivity index (χ4v) is 3.57. The highest BCUT2D eigenvalue weighted by atomic mass is 79.9. The van der Waals surface area contributed by atoms with E-state index in [1.54, 1.807) is 0 Å². The number of hydrogen-bond donors (Lipinski definition) is 0. The van der Waals surface area contributed by atoms with Crippen LogP contribution in [0.5, 0.6) is 0 Å². The van der Waals surface area contributed by atoms with Gasteiger partial charge in [-0.15, -0.1) is 0 Å². The lowest BCUT2D eigenvalue weighted by Crippen LogP contribution is -2.29. The third-order valence-electron chi connectivity index (χ3n) is 4.03. The molecule has 5 heteroatoms. The average Bonchev–Trinajstić information content (AvgIpc) is 3.06. The molecule has 0 atom stereocenters. The maximum atomic E-state index is 12.9. The fraction of sp³-hybridized carbons (Fsp3) is 0.500. The zero-order chi connectivity index (χ0) is 15.0. The number of pyridine rings is 1. The van der Waals surface area contributed by atoms with E-state index < -0.39 is 0 Å². The van der Waals surface area contributed by atoms with Crippen molar-refractivity contribution in [2.45, 2.75) is 39.5 Å². The number of imidazole rings is 1. The van der Waals surface area contributed by atoms with Gasteiger partial charge in [0.05, 0.1) is 5.69 Å². The molecule has 21 heavy (non-hydrogen) atoms. The molecule has 1 saturated heterocycles. The normalized spacial score (nSPS) is 15.1. The van der Waals surface area contributed by atoms with Crippen molar-refractivity contribution in [2.75, 3.05) is 13.1 Å². The lowest BCUT2D eigenvalue weighted by molar-refractivity contribution is 0.0784. The van der Waals surface area contributed by atoms with E-state index in [0.717, 1.165) is 65.8 Å². The maximum absolute atomic E-state index is 12.9. The van der Waals surface area contributed by atoms with E-state index in [9.17, 15) is 4.79 Å². The molecule has 0 spiro atoms. The number of rotatable bonds is 3. The minimum absolute atomic E-state index is 0.126. The van der Waals surface area contributed by atoms with Gasteiger partial charge in [0.1, 0.15) is 11.3 Å². The van der Waals surface area contributed by atoms with Gasteiger partial charge in [0.2, 0.25) is 0 Å². The highest BCUT2D eigenvalue weighted by Gasteiger charge is 2.26. The van der Waals surface area contributed by atoms with Gasteiger partial charge in [-0.25, -0.2) is 4.98 Å². The Bertz CT molecular complexity index is 686. The van der Waals surface area contributed by atoms with E-state index in [-0.39, 0.29) is 5.91 Å². The van der Waals surface area contributed by atoms with Crippen LogP contribution < -0.4 is 0 Å². The number of halogens is 1. The Kier molecular flexibility index (Phi) is 4.02. The minimum atomic E-state index is 0.126. The molecule has 2 aromatic heterocycles. The molecule has 0 N–H and O–H groups in total. The smallest absolute Gasteiger partial charge is 0.272 e. The first kappa shape index (κ1) is 14.6. The van der Waals surface area contributed by atoms with Crippen molar-refractivity contribution in [3.8, 4) is 0 Å². The summed E-state index contributed by atoms with van der Waals surface area (Å²) in [6.07, 6.45) is 6.00. The predicted molar refractivity (Wildman–Crippen MR) is 86.8 cm³/mol. The van der Waals surface area contributed by atoms with Crippen LogP contribution in [0.25, 0.3) is 5.65 Å². The molecule has 0 saturated carbocycles. The molecule has 0 aromatic carbocycles. The quantitative estimate of drug-likeness (QED) is 0.848. The van der Waals surface area contributed by atoms with Crippen molar-refractivity contribution in [3.63, 3.8) is 0 Å². The van der Waals surface area contributed by atoms with Crippen molar-refractivity contribution in [1.82, 2.24) is 14.3 Å². The second-order valence-corrected chi connectivity index (χ2v) is 6.61. The number of likely N-dealkylation sites (tertiary alicyclic amines) is 1. The van der Waals surface area contributed by atoms with Crippen molar-refractivity contribution >= 4 is 27.5 Å². The molecule has 3 heterocycles. The van der Waals surface area contributed by atoms with Gasteiger partial charge in [0.25, 0.3) is 5.91 Å². The molecular weight excluding hydrogens is 330 g/mol. The van der Waals surface area contributed by atoms with E-state index in [1.807, 2.05) is 28.5 Å². The van der Waals surface area contributed by atoms with Crippen LogP contribution in [0.15, 0.2) is 16.7 Å². The molecule has 1 amide bonds. The average molecular weight is 350 g/mol. The van der Waals surface area contributed by atoms with Crippen LogP contribution in [-0.4, -0.2) is 33.3 Å². The number of aromatic nitrogens is 2. The van der Waals surface area contributed by atoms with Crippen LogP contribution in [0.1, 0.15) is 47.9 Å². The molecule has 112 valence electrons. The van der Waals surface area contributed by atoms with Gasteiger partial charge >= 0.3 is 0 Å². The lowest BCUT2D eigenvalue weighted by atomic mass is 10.2. The van der Waals surface area contributed by atoms with Gasteiger partial charge in [-0.3, -0.25) is 9.20 Å². The van der Waals surface area contributed by atoms with Crippen LogP contribution in [-0.2, 0) is 6.42 Å². The van der Waals surface area contributed by atoms with Crippen molar-refractivity contribution < 1.29 is 4.79 Å². The van der Waals surface area contributed by atoms with E-state index in [4.69, 9.17) is 4.98 Å². The Morgan fingerprint density at radius 2 is 2.10 bits per heavy atom. The van der Waals surface area contributed by atoms with Gasteiger partial charge < -0.3 is 4.90 Å². The predicted octanol–water partition coefficient (Wildman–Crippen LogP) is 3.59. The standard InChI is InChI=1S/C16H20BrN3O/c1-3-6-13-14(16(21)19-7-4-5-8-19)20-10-12(17)9-11(2)15(20)18-13/h9-10H,3-8H2,1-2H3. The van der Waals surface area contributed by atoms with E-state index >= 15 is 0 Å². The lowest BCUT2D eigenvalue weighted by Gasteiger charge is -2.16.